The Morgan fingerprint density at radius 3 is 1.38 bits per heavy atom. The number of hydrogen-bond acceptors (Lipinski definition) is 9. The number of hydrogen-bond donors (Lipinski definition) is 5. The van der Waals surface area contributed by atoms with Gasteiger partial charge in [-0.25, -0.2) is 40.7 Å². The van der Waals surface area contributed by atoms with Gasteiger partial charge in [-0.05, 0) is 48.5 Å². The number of fused-ring (bicyclic) bond motifs is 4. The van der Waals surface area contributed by atoms with Crippen LogP contribution in [-0.2, 0) is 20.8 Å². The molecule has 4 atom stereocenters. The van der Waals surface area contributed by atoms with Crippen molar-refractivity contribution in [1.82, 2.24) is 29.8 Å². The second kappa shape index (κ2) is 23.2. The van der Waals surface area contributed by atoms with Crippen molar-refractivity contribution in [3.8, 4) is 0 Å². The SMILES string of the molecule is C=CCN1CC2CN(C(=O)Nc3cc(F)cc(F)c3)CC(C1)C2(O)c1ccc(Br)cc1F.CN1C(=O)CC(=O)N(C)C1=O.O=C(Nc1cc(F)cc(F)c1)N1CC2CNCC(C1)C2(O)c1ccc(Br)cc1F.[B]. The quantitative estimate of drug-likeness (QED) is 0.0600. The van der Waals surface area contributed by atoms with Gasteiger partial charge in [-0.2, -0.15) is 0 Å². The number of nitrogens with zero attached hydrogens (tertiary/aromatic N) is 5. The number of likely N-dealkylation sites (tertiary alicyclic amines) is 3. The number of urea groups is 3. The number of amides is 8. The molecule has 5 aliphatic heterocycles. The molecule has 5 fully saturated rings. The minimum Gasteiger partial charge on any atom is -0.384 e. The number of carbonyl (C=O) groups is 5. The number of rotatable bonds is 6. The summed E-state index contributed by atoms with van der Waals surface area (Å²) in [5, 5.41) is 31.5. The van der Waals surface area contributed by atoms with Crippen LogP contribution < -0.4 is 16.0 Å². The number of benzene rings is 4. The molecule has 3 radical (unpaired) electrons. The van der Waals surface area contributed by atoms with E-state index in [0.717, 1.165) is 46.2 Å². The van der Waals surface area contributed by atoms with Crippen LogP contribution in [0.15, 0.2) is 94.4 Å². The fourth-order valence-electron chi connectivity index (χ4n) is 10.0. The van der Waals surface area contributed by atoms with Gasteiger partial charge < -0.3 is 36.0 Å². The van der Waals surface area contributed by atoms with Crippen LogP contribution in [0.3, 0.4) is 0 Å². The first-order chi connectivity index (χ1) is 34.0. The predicted molar refractivity (Wildman–Crippen MR) is 265 cm³/mol. The van der Waals surface area contributed by atoms with Crippen LogP contribution >= 0.6 is 31.9 Å². The van der Waals surface area contributed by atoms with Crippen molar-refractivity contribution in [2.75, 3.05) is 83.6 Å². The molecule has 4 bridgehead atoms. The molecule has 5 saturated heterocycles. The molecule has 0 saturated carbocycles. The number of nitrogens with one attached hydrogen (secondary N) is 3. The zero-order chi connectivity index (χ0) is 52.4. The fourth-order valence-corrected chi connectivity index (χ4v) is 10.7. The van der Waals surface area contributed by atoms with Gasteiger partial charge in [-0.15, -0.1) is 6.58 Å². The summed E-state index contributed by atoms with van der Waals surface area (Å²) in [6.45, 7) is 6.70. The molecule has 9 rings (SSSR count). The summed E-state index contributed by atoms with van der Waals surface area (Å²) in [5.74, 6) is -6.92. The Morgan fingerprint density at radius 2 is 1.01 bits per heavy atom. The van der Waals surface area contributed by atoms with Gasteiger partial charge in [0.15, 0.2) is 0 Å². The number of halogens is 8. The average Bonchev–Trinajstić information content (AvgIpc) is 3.27. The first kappa shape index (κ1) is 56.5. The van der Waals surface area contributed by atoms with Crippen molar-refractivity contribution >= 4 is 81.6 Å². The van der Waals surface area contributed by atoms with E-state index >= 15 is 0 Å². The fraction of sp³-hybridized carbons (Fsp3) is 0.367. The highest BCUT2D eigenvalue weighted by atomic mass is 79.9. The van der Waals surface area contributed by atoms with Crippen molar-refractivity contribution in [2.24, 2.45) is 23.7 Å². The van der Waals surface area contributed by atoms with E-state index in [1.807, 2.05) is 0 Å². The van der Waals surface area contributed by atoms with Gasteiger partial charge in [0.05, 0.1) is 0 Å². The summed E-state index contributed by atoms with van der Waals surface area (Å²) in [4.78, 5) is 65.1. The van der Waals surface area contributed by atoms with Gasteiger partial charge in [0.25, 0.3) is 0 Å². The minimum atomic E-state index is -1.45. The van der Waals surface area contributed by atoms with Crippen LogP contribution in [0.5, 0.6) is 0 Å². The maximum Gasteiger partial charge on any atom is 0.332 e. The lowest BCUT2D eigenvalue weighted by atomic mass is 9.66. The number of anilines is 2. The third-order valence-corrected chi connectivity index (χ3v) is 14.5. The van der Waals surface area contributed by atoms with Gasteiger partial charge in [-0.1, -0.05) is 50.1 Å². The highest BCUT2D eigenvalue weighted by Crippen LogP contribution is 2.47. The summed E-state index contributed by atoms with van der Waals surface area (Å²) < 4.78 is 84.4. The Labute approximate surface area is 435 Å². The molecule has 4 aromatic rings. The van der Waals surface area contributed by atoms with Crippen molar-refractivity contribution in [3.63, 3.8) is 0 Å². The molecule has 15 nitrogen and oxygen atoms in total. The standard InChI is InChI=1S/C23H23BrF3N3O2.C20H19BrF3N3O2.C6H8N2O3.B/c1-2-5-29-10-14-12-30(22(31)28-19-8-17(25)7-18(26)9-19)13-15(11-29)23(14,32)20-4-3-16(24)6-21(20)27;21-13-1-2-17(18(24)3-13)20(29)11-7-25-8-12(20)10-27(9-11)19(28)26-16-5-14(22)4-15(23)6-16;1-7-4(9)3-5(10)8(2)6(7)11;/h2-4,6-9,14-15,32H,1,5,10-13H2,(H,28,31);1-6,11-12,25,29H,7-10H2,(H,26,28);3H2,1-2H3;. The van der Waals surface area contributed by atoms with E-state index < -0.39 is 99.7 Å². The van der Waals surface area contributed by atoms with Crippen LogP contribution in [0.4, 0.5) is 52.1 Å². The van der Waals surface area contributed by atoms with E-state index in [-0.39, 0.29) is 63.5 Å². The number of imide groups is 2. The largest absolute Gasteiger partial charge is 0.384 e. The number of carbonyl (C=O) groups excluding carboxylic acids is 5. The Kier molecular flexibility index (Phi) is 17.9. The molecule has 387 valence electrons. The lowest BCUT2D eigenvalue weighted by Gasteiger charge is -2.55. The van der Waals surface area contributed by atoms with E-state index in [1.165, 1.54) is 36.0 Å². The second-order valence-corrected chi connectivity index (χ2v) is 20.0. The molecule has 5 aliphatic rings. The molecule has 24 heteroatoms. The molecule has 4 unspecified atom stereocenters. The zero-order valence-electron chi connectivity index (χ0n) is 39.4. The molecular formula is C49H50BBr2F6N8O7. The average molecular weight is 1150 g/mol. The van der Waals surface area contributed by atoms with Crippen molar-refractivity contribution in [2.45, 2.75) is 17.6 Å². The van der Waals surface area contributed by atoms with Gasteiger partial charge in [-0.3, -0.25) is 24.3 Å². The minimum absolute atomic E-state index is 0. The van der Waals surface area contributed by atoms with Gasteiger partial charge >= 0.3 is 18.1 Å². The highest BCUT2D eigenvalue weighted by molar-refractivity contribution is 9.10. The Bertz CT molecular complexity index is 2690. The monoisotopic (exact) mass is 1150 g/mol. The van der Waals surface area contributed by atoms with Crippen molar-refractivity contribution < 1.29 is 60.5 Å². The first-order valence-electron chi connectivity index (χ1n) is 22.5. The van der Waals surface area contributed by atoms with E-state index in [2.05, 4.69) is 59.3 Å². The van der Waals surface area contributed by atoms with Gasteiger partial charge in [0, 0.05) is 149 Å². The Balaban J connectivity index is 0.000000196. The van der Waals surface area contributed by atoms with E-state index in [4.69, 9.17) is 0 Å². The lowest BCUT2D eigenvalue weighted by Crippen LogP contribution is -2.66. The molecule has 0 aromatic heterocycles. The van der Waals surface area contributed by atoms with Gasteiger partial charge in [0.2, 0.25) is 11.8 Å². The van der Waals surface area contributed by atoms with Crippen molar-refractivity contribution in [1.29, 1.82) is 0 Å². The number of barbiturate groups is 1. The van der Waals surface area contributed by atoms with Crippen LogP contribution in [0.2, 0.25) is 0 Å². The van der Waals surface area contributed by atoms with Crippen LogP contribution in [-0.4, -0.2) is 146 Å². The summed E-state index contributed by atoms with van der Waals surface area (Å²) in [6.07, 6.45) is 1.56. The smallest absolute Gasteiger partial charge is 0.332 e. The number of piperidine rings is 4. The molecular weight excluding hydrogens is 1100 g/mol. The maximum absolute atomic E-state index is 14.9. The maximum atomic E-state index is 14.9. The Hall–Kier alpha value is -5.79. The molecule has 5 heterocycles. The number of aliphatic hydroxyl groups is 2. The van der Waals surface area contributed by atoms with E-state index in [9.17, 15) is 60.5 Å². The topological polar surface area (TPSA) is 178 Å². The molecule has 0 spiro atoms. The zero-order valence-corrected chi connectivity index (χ0v) is 42.5. The summed E-state index contributed by atoms with van der Waals surface area (Å²) in [6, 6.07) is 13.1. The van der Waals surface area contributed by atoms with Crippen LogP contribution in [0.1, 0.15) is 17.5 Å². The second-order valence-electron chi connectivity index (χ2n) is 18.2. The van der Waals surface area contributed by atoms with Crippen LogP contribution in [0, 0.1) is 58.6 Å². The summed E-state index contributed by atoms with van der Waals surface area (Å²) >= 11 is 6.47. The predicted octanol–water partition coefficient (Wildman–Crippen LogP) is 6.82. The molecule has 8 amide bonds. The van der Waals surface area contributed by atoms with E-state index in [0.29, 0.717) is 41.7 Å². The van der Waals surface area contributed by atoms with E-state index in [1.54, 1.807) is 30.3 Å². The normalized spacial score (nSPS) is 24.6. The molecule has 73 heavy (non-hydrogen) atoms. The van der Waals surface area contributed by atoms with Crippen molar-refractivity contribution in [3.05, 3.63) is 140 Å². The third kappa shape index (κ3) is 12.3. The lowest BCUT2D eigenvalue weighted by molar-refractivity contribution is -0.157. The van der Waals surface area contributed by atoms with Gasteiger partial charge in [0.1, 0.15) is 52.5 Å². The summed E-state index contributed by atoms with van der Waals surface area (Å²) in [7, 11) is 2.71. The first-order valence-corrected chi connectivity index (χ1v) is 24.1. The molecule has 4 aromatic carbocycles. The summed E-state index contributed by atoms with van der Waals surface area (Å²) in [5.41, 5.74) is -2.44. The third-order valence-electron chi connectivity index (χ3n) is 13.5. The molecule has 5 N–H and O–H groups in total. The Morgan fingerprint density at radius 1 is 0.644 bits per heavy atom. The molecule has 0 aliphatic carbocycles. The highest BCUT2D eigenvalue weighted by Gasteiger charge is 2.56. The van der Waals surface area contributed by atoms with Crippen LogP contribution in [0.25, 0.3) is 0 Å².